The lowest BCUT2D eigenvalue weighted by Gasteiger charge is -2.24. The SMILES string of the molecule is COc1ccc(C2/C(=C(\O)c3cccc4ccccc34)C(=O)C(=O)N2c2nc3ccc(C)cc3[nH]2)cc1OC. The van der Waals surface area contributed by atoms with Crippen molar-refractivity contribution in [2.24, 2.45) is 0 Å². The van der Waals surface area contributed by atoms with Crippen molar-refractivity contribution >= 4 is 45.2 Å². The molecule has 1 unspecified atom stereocenters. The van der Waals surface area contributed by atoms with E-state index in [2.05, 4.69) is 9.97 Å². The number of rotatable bonds is 5. The van der Waals surface area contributed by atoms with Gasteiger partial charge in [-0.05, 0) is 53.1 Å². The molecule has 8 nitrogen and oxygen atoms in total. The summed E-state index contributed by atoms with van der Waals surface area (Å²) in [4.78, 5) is 36.4. The number of H-pyrrole nitrogens is 1. The van der Waals surface area contributed by atoms with Gasteiger partial charge < -0.3 is 19.6 Å². The molecule has 39 heavy (non-hydrogen) atoms. The van der Waals surface area contributed by atoms with Crippen molar-refractivity contribution in [3.63, 3.8) is 0 Å². The number of carbonyl (C=O) groups excluding carboxylic acids is 2. The number of carbonyl (C=O) groups is 2. The average molecular weight is 520 g/mol. The predicted molar refractivity (Wildman–Crippen MR) is 149 cm³/mol. The van der Waals surface area contributed by atoms with Gasteiger partial charge in [-0.25, -0.2) is 4.98 Å². The van der Waals surface area contributed by atoms with Gasteiger partial charge in [0.15, 0.2) is 11.5 Å². The van der Waals surface area contributed by atoms with Crippen molar-refractivity contribution in [3.8, 4) is 11.5 Å². The first-order valence-corrected chi connectivity index (χ1v) is 12.4. The van der Waals surface area contributed by atoms with Crippen LogP contribution in [0.1, 0.15) is 22.7 Å². The Bertz CT molecular complexity index is 1810. The molecular weight excluding hydrogens is 494 g/mol. The number of aromatic nitrogens is 2. The fourth-order valence-electron chi connectivity index (χ4n) is 5.19. The summed E-state index contributed by atoms with van der Waals surface area (Å²) in [6.07, 6.45) is 0. The van der Waals surface area contributed by atoms with Crippen molar-refractivity contribution < 1.29 is 24.2 Å². The summed E-state index contributed by atoms with van der Waals surface area (Å²) in [7, 11) is 3.04. The molecule has 1 fully saturated rings. The quantitative estimate of drug-likeness (QED) is 0.176. The van der Waals surface area contributed by atoms with Gasteiger partial charge in [0.25, 0.3) is 5.78 Å². The zero-order valence-electron chi connectivity index (χ0n) is 21.6. The number of anilines is 1. The number of aromatic amines is 1. The van der Waals surface area contributed by atoms with Gasteiger partial charge in [-0.2, -0.15) is 0 Å². The number of benzene rings is 4. The molecule has 2 N–H and O–H groups in total. The Labute approximate surface area is 224 Å². The van der Waals surface area contributed by atoms with Crippen LogP contribution in [-0.2, 0) is 9.59 Å². The molecule has 2 heterocycles. The maximum Gasteiger partial charge on any atom is 0.302 e. The number of amides is 1. The molecule has 1 aromatic heterocycles. The number of aliphatic hydroxyl groups is 1. The van der Waals surface area contributed by atoms with Crippen molar-refractivity contribution in [2.45, 2.75) is 13.0 Å². The number of Topliss-reactive ketones (excluding diaryl/α,β-unsaturated/α-hetero) is 1. The number of aliphatic hydroxyl groups excluding tert-OH is 1. The normalized spacial score (nSPS) is 16.8. The Kier molecular flexibility index (Phi) is 5.80. The van der Waals surface area contributed by atoms with Crippen LogP contribution in [0.5, 0.6) is 11.5 Å². The topological polar surface area (TPSA) is 105 Å². The molecule has 8 heteroatoms. The maximum atomic E-state index is 13.7. The summed E-state index contributed by atoms with van der Waals surface area (Å²) in [6.45, 7) is 1.96. The Balaban J connectivity index is 1.62. The van der Waals surface area contributed by atoms with E-state index in [9.17, 15) is 14.7 Å². The monoisotopic (exact) mass is 519 g/mol. The minimum Gasteiger partial charge on any atom is -0.507 e. The number of fused-ring (bicyclic) bond motifs is 2. The molecule has 4 aromatic carbocycles. The van der Waals surface area contributed by atoms with E-state index in [-0.39, 0.29) is 17.3 Å². The highest BCUT2D eigenvalue weighted by Crippen LogP contribution is 2.44. The average Bonchev–Trinajstić information content (AvgIpc) is 3.49. The molecule has 194 valence electrons. The van der Waals surface area contributed by atoms with Crippen LogP contribution in [0.15, 0.2) is 84.4 Å². The zero-order chi connectivity index (χ0) is 27.3. The van der Waals surface area contributed by atoms with Crippen LogP contribution in [0.4, 0.5) is 5.95 Å². The third kappa shape index (κ3) is 3.88. The van der Waals surface area contributed by atoms with Crippen LogP contribution in [-0.4, -0.2) is 41.0 Å². The van der Waals surface area contributed by atoms with Crippen LogP contribution in [0, 0.1) is 6.92 Å². The first-order valence-electron chi connectivity index (χ1n) is 12.4. The molecule has 5 aromatic rings. The smallest absolute Gasteiger partial charge is 0.302 e. The molecule has 6 rings (SSSR count). The van der Waals surface area contributed by atoms with Gasteiger partial charge in [-0.1, -0.05) is 54.6 Å². The van der Waals surface area contributed by atoms with Crippen LogP contribution < -0.4 is 14.4 Å². The highest BCUT2D eigenvalue weighted by molar-refractivity contribution is 6.51. The largest absolute Gasteiger partial charge is 0.507 e. The first kappa shape index (κ1) is 24.2. The third-order valence-electron chi connectivity index (χ3n) is 7.07. The van der Waals surface area contributed by atoms with Crippen molar-refractivity contribution in [2.75, 3.05) is 19.1 Å². The molecule has 1 saturated heterocycles. The van der Waals surface area contributed by atoms with Crippen molar-refractivity contribution in [1.82, 2.24) is 9.97 Å². The number of ketones is 1. The number of methoxy groups -OCH3 is 2. The van der Waals surface area contributed by atoms with Gasteiger partial charge in [0.05, 0.1) is 36.9 Å². The van der Waals surface area contributed by atoms with Crippen molar-refractivity contribution in [3.05, 3.63) is 101 Å². The lowest BCUT2D eigenvalue weighted by Crippen LogP contribution is -2.30. The summed E-state index contributed by atoms with van der Waals surface area (Å²) in [6, 6.07) is 22.9. The van der Waals surface area contributed by atoms with E-state index in [1.165, 1.54) is 19.1 Å². The molecule has 1 aliphatic heterocycles. The number of nitrogens with zero attached hydrogens (tertiary/aromatic N) is 2. The molecule has 0 bridgehead atoms. The number of hydrogen-bond donors (Lipinski definition) is 2. The minimum atomic E-state index is -0.981. The number of hydrogen-bond acceptors (Lipinski definition) is 6. The lowest BCUT2D eigenvalue weighted by atomic mass is 9.93. The summed E-state index contributed by atoms with van der Waals surface area (Å²) in [5.74, 6) is -0.754. The Morgan fingerprint density at radius 2 is 1.69 bits per heavy atom. The number of aryl methyl sites for hydroxylation is 1. The molecular formula is C31H25N3O5. The molecule has 1 atom stereocenters. The van der Waals surface area contributed by atoms with E-state index in [0.717, 1.165) is 21.9 Å². The molecule has 1 amide bonds. The summed E-state index contributed by atoms with van der Waals surface area (Å²) >= 11 is 0. The second kappa shape index (κ2) is 9.33. The van der Waals surface area contributed by atoms with E-state index >= 15 is 0 Å². The van der Waals surface area contributed by atoms with E-state index < -0.39 is 17.7 Å². The van der Waals surface area contributed by atoms with Crippen LogP contribution in [0.3, 0.4) is 0 Å². The van der Waals surface area contributed by atoms with Crippen LogP contribution >= 0.6 is 0 Å². The molecule has 0 spiro atoms. The highest BCUT2D eigenvalue weighted by Gasteiger charge is 2.48. The van der Waals surface area contributed by atoms with Crippen LogP contribution in [0.2, 0.25) is 0 Å². The van der Waals surface area contributed by atoms with Crippen molar-refractivity contribution in [1.29, 1.82) is 0 Å². The molecule has 0 saturated carbocycles. The highest BCUT2D eigenvalue weighted by atomic mass is 16.5. The van der Waals surface area contributed by atoms with E-state index in [1.807, 2.05) is 55.5 Å². The summed E-state index contributed by atoms with van der Waals surface area (Å²) in [5.41, 5.74) is 3.36. The Morgan fingerprint density at radius 3 is 2.49 bits per heavy atom. The lowest BCUT2D eigenvalue weighted by molar-refractivity contribution is -0.132. The first-order chi connectivity index (χ1) is 18.9. The van der Waals surface area contributed by atoms with Gasteiger partial charge in [0, 0.05) is 5.56 Å². The van der Waals surface area contributed by atoms with Gasteiger partial charge in [0.2, 0.25) is 5.95 Å². The second-order valence-corrected chi connectivity index (χ2v) is 9.39. The fraction of sp³-hybridized carbons (Fsp3) is 0.129. The Morgan fingerprint density at radius 1 is 0.923 bits per heavy atom. The standard InChI is InChI=1S/C31H25N3O5/c1-17-11-13-22-23(15-17)33-31(32-22)34-27(19-12-14-24(38-2)25(16-19)39-3)26(29(36)30(34)37)28(35)21-10-6-8-18-7-4-5-9-20(18)21/h4-16,27,35H,1-3H3,(H,32,33)/b28-26+. The molecule has 1 aliphatic rings. The third-order valence-corrected chi connectivity index (χ3v) is 7.07. The van der Waals surface area contributed by atoms with Crippen LogP contribution in [0.25, 0.3) is 27.6 Å². The van der Waals surface area contributed by atoms with Gasteiger partial charge in [-0.3, -0.25) is 14.5 Å². The predicted octanol–water partition coefficient (Wildman–Crippen LogP) is 5.67. The van der Waals surface area contributed by atoms with Gasteiger partial charge in [-0.15, -0.1) is 0 Å². The zero-order valence-corrected chi connectivity index (χ0v) is 21.6. The van der Waals surface area contributed by atoms with E-state index in [1.54, 1.807) is 30.3 Å². The van der Waals surface area contributed by atoms with Gasteiger partial charge in [0.1, 0.15) is 5.76 Å². The summed E-state index contributed by atoms with van der Waals surface area (Å²) in [5, 5.41) is 13.4. The fourth-order valence-corrected chi connectivity index (χ4v) is 5.19. The maximum absolute atomic E-state index is 13.7. The molecule has 0 radical (unpaired) electrons. The second-order valence-electron chi connectivity index (χ2n) is 9.39. The minimum absolute atomic E-state index is 0.0415. The van der Waals surface area contributed by atoms with Gasteiger partial charge >= 0.3 is 5.91 Å². The van der Waals surface area contributed by atoms with E-state index in [0.29, 0.717) is 28.1 Å². The molecule has 0 aliphatic carbocycles. The summed E-state index contributed by atoms with van der Waals surface area (Å²) < 4.78 is 10.9. The number of imidazole rings is 1. The number of nitrogens with one attached hydrogen (secondary N) is 1. The number of ether oxygens (including phenoxy) is 2. The Hall–Kier alpha value is -5.11. The van der Waals surface area contributed by atoms with E-state index in [4.69, 9.17) is 9.47 Å².